The number of carboxylic acids is 1. The minimum absolute atomic E-state index is 0.144. The van der Waals surface area contributed by atoms with Crippen LogP contribution in [0.3, 0.4) is 0 Å². The number of urea groups is 1. The number of hydrogen-bond acceptors (Lipinski definition) is 4. The molecule has 2 rings (SSSR count). The molecule has 2 fully saturated rings. The average Bonchev–Trinajstić information content (AvgIpc) is 2.73. The standard InChI is InChI=1S/C23H42N4O4/c1-16-8-7-11-18(14-16)25-21(28)20(15-17-9-3-2-4-10-17)27-23(31)26-19(22(29)30)12-5-6-13-24/h16-20H,2-15,24H2,1H3,(H,25,28)(H,29,30)(H2,26,27,31). The van der Waals surface area contributed by atoms with E-state index in [4.69, 9.17) is 5.73 Å². The maximum atomic E-state index is 13.1. The van der Waals surface area contributed by atoms with Crippen LogP contribution in [0.2, 0.25) is 0 Å². The molecule has 0 aromatic carbocycles. The molecule has 0 spiro atoms. The number of carbonyl (C=O) groups is 3. The summed E-state index contributed by atoms with van der Waals surface area (Å²) in [6, 6.07) is -2.06. The van der Waals surface area contributed by atoms with Crippen LogP contribution in [-0.4, -0.2) is 47.7 Å². The van der Waals surface area contributed by atoms with Crippen molar-refractivity contribution in [1.82, 2.24) is 16.0 Å². The topological polar surface area (TPSA) is 134 Å². The summed E-state index contributed by atoms with van der Waals surface area (Å²) in [4.78, 5) is 37.2. The largest absolute Gasteiger partial charge is 0.480 e. The second-order valence-electron chi connectivity index (χ2n) is 9.56. The fourth-order valence-corrected chi connectivity index (χ4v) is 4.96. The van der Waals surface area contributed by atoms with Crippen LogP contribution in [0.1, 0.15) is 90.4 Å². The number of rotatable bonds is 11. The molecule has 0 radical (unpaired) electrons. The summed E-state index contributed by atoms with van der Waals surface area (Å²) in [5.41, 5.74) is 5.47. The van der Waals surface area contributed by atoms with Gasteiger partial charge in [-0.1, -0.05) is 51.9 Å². The molecule has 3 amide bonds. The summed E-state index contributed by atoms with van der Waals surface area (Å²) >= 11 is 0. The summed E-state index contributed by atoms with van der Waals surface area (Å²) in [5.74, 6) is -0.210. The number of amides is 3. The first-order valence-electron chi connectivity index (χ1n) is 12.2. The Morgan fingerprint density at radius 3 is 2.32 bits per heavy atom. The predicted molar refractivity (Wildman–Crippen MR) is 121 cm³/mol. The monoisotopic (exact) mass is 438 g/mol. The van der Waals surface area contributed by atoms with Gasteiger partial charge in [0.15, 0.2) is 0 Å². The van der Waals surface area contributed by atoms with Gasteiger partial charge in [0.05, 0.1) is 0 Å². The second-order valence-corrected chi connectivity index (χ2v) is 9.56. The molecule has 0 aliphatic heterocycles. The summed E-state index contributed by atoms with van der Waals surface area (Å²) in [6.45, 7) is 2.70. The first-order chi connectivity index (χ1) is 14.9. The van der Waals surface area contributed by atoms with E-state index in [0.717, 1.165) is 44.9 Å². The molecule has 4 unspecified atom stereocenters. The third kappa shape index (κ3) is 9.46. The van der Waals surface area contributed by atoms with Gasteiger partial charge < -0.3 is 26.8 Å². The van der Waals surface area contributed by atoms with E-state index in [1.165, 1.54) is 12.8 Å². The molecule has 0 bridgehead atoms. The second kappa shape index (κ2) is 13.6. The number of nitrogens with two attached hydrogens (primary N) is 1. The van der Waals surface area contributed by atoms with Crippen LogP contribution < -0.4 is 21.7 Å². The molecule has 6 N–H and O–H groups in total. The fraction of sp³-hybridized carbons (Fsp3) is 0.870. The molecular formula is C23H42N4O4. The third-order valence-corrected chi connectivity index (χ3v) is 6.75. The Kier molecular flexibility index (Phi) is 11.1. The molecule has 178 valence electrons. The van der Waals surface area contributed by atoms with E-state index in [1.807, 2.05) is 0 Å². The Hall–Kier alpha value is -1.83. The molecule has 4 atom stereocenters. The van der Waals surface area contributed by atoms with Crippen LogP contribution in [0, 0.1) is 11.8 Å². The first-order valence-corrected chi connectivity index (χ1v) is 12.2. The normalized spacial score (nSPS) is 24.1. The quantitative estimate of drug-likeness (QED) is 0.316. The number of aliphatic carboxylic acids is 1. The lowest BCUT2D eigenvalue weighted by Gasteiger charge is -2.31. The van der Waals surface area contributed by atoms with E-state index < -0.39 is 24.1 Å². The van der Waals surface area contributed by atoms with Gasteiger partial charge in [-0.2, -0.15) is 0 Å². The number of carbonyl (C=O) groups excluding carboxylic acids is 2. The van der Waals surface area contributed by atoms with Crippen molar-refractivity contribution in [3.63, 3.8) is 0 Å². The predicted octanol–water partition coefficient (Wildman–Crippen LogP) is 2.90. The van der Waals surface area contributed by atoms with Crippen LogP contribution in [0.5, 0.6) is 0 Å². The lowest BCUT2D eigenvalue weighted by molar-refractivity contribution is -0.139. The Morgan fingerprint density at radius 2 is 1.68 bits per heavy atom. The minimum atomic E-state index is -1.07. The molecule has 0 aromatic heterocycles. The highest BCUT2D eigenvalue weighted by Crippen LogP contribution is 2.28. The Labute approximate surface area is 186 Å². The molecule has 0 heterocycles. The van der Waals surface area contributed by atoms with Crippen molar-refractivity contribution in [1.29, 1.82) is 0 Å². The van der Waals surface area contributed by atoms with Crippen molar-refractivity contribution in [2.75, 3.05) is 6.54 Å². The van der Waals surface area contributed by atoms with E-state index in [-0.39, 0.29) is 11.9 Å². The summed E-state index contributed by atoms with van der Waals surface area (Å²) in [7, 11) is 0. The van der Waals surface area contributed by atoms with Crippen LogP contribution in [0.25, 0.3) is 0 Å². The van der Waals surface area contributed by atoms with E-state index in [0.29, 0.717) is 44.1 Å². The molecule has 0 aromatic rings. The molecule has 8 nitrogen and oxygen atoms in total. The van der Waals surface area contributed by atoms with Crippen molar-refractivity contribution >= 4 is 17.9 Å². The van der Waals surface area contributed by atoms with Gasteiger partial charge in [0.25, 0.3) is 0 Å². The molecule has 2 aliphatic carbocycles. The van der Waals surface area contributed by atoms with Gasteiger partial charge in [-0.3, -0.25) is 4.79 Å². The van der Waals surface area contributed by atoms with Crippen molar-refractivity contribution in [3.8, 4) is 0 Å². The lowest BCUT2D eigenvalue weighted by atomic mass is 9.84. The summed E-state index contributed by atoms with van der Waals surface area (Å²) < 4.78 is 0. The maximum absolute atomic E-state index is 13.1. The van der Waals surface area contributed by atoms with Gasteiger partial charge in [-0.05, 0) is 56.9 Å². The van der Waals surface area contributed by atoms with Crippen molar-refractivity contribution in [3.05, 3.63) is 0 Å². The SMILES string of the molecule is CC1CCCC(NC(=O)C(CC2CCCCC2)NC(=O)NC(CCCCN)C(=O)O)C1. The van der Waals surface area contributed by atoms with E-state index in [9.17, 15) is 19.5 Å². The Balaban J connectivity index is 1.96. The van der Waals surface area contributed by atoms with Crippen molar-refractivity contribution in [2.24, 2.45) is 17.6 Å². The summed E-state index contributed by atoms with van der Waals surface area (Å²) in [6.07, 6.45) is 12.2. The molecule has 8 heteroatoms. The molecule has 0 saturated heterocycles. The van der Waals surface area contributed by atoms with Gasteiger partial charge in [0, 0.05) is 6.04 Å². The molecular weight excluding hydrogens is 396 g/mol. The smallest absolute Gasteiger partial charge is 0.326 e. The Morgan fingerprint density at radius 1 is 0.968 bits per heavy atom. The highest BCUT2D eigenvalue weighted by atomic mass is 16.4. The van der Waals surface area contributed by atoms with Gasteiger partial charge in [0.1, 0.15) is 12.1 Å². The highest BCUT2D eigenvalue weighted by Gasteiger charge is 2.30. The van der Waals surface area contributed by atoms with Crippen LogP contribution in [0.4, 0.5) is 4.79 Å². The molecule has 2 aliphatic rings. The number of unbranched alkanes of at least 4 members (excludes halogenated alkanes) is 1. The van der Waals surface area contributed by atoms with Crippen LogP contribution >= 0.6 is 0 Å². The van der Waals surface area contributed by atoms with Crippen molar-refractivity contribution in [2.45, 2.75) is 109 Å². The van der Waals surface area contributed by atoms with Gasteiger partial charge in [0.2, 0.25) is 5.91 Å². The van der Waals surface area contributed by atoms with Crippen molar-refractivity contribution < 1.29 is 19.5 Å². The number of hydrogen-bond donors (Lipinski definition) is 5. The average molecular weight is 439 g/mol. The number of carboxylic acid groups (broad SMARTS) is 1. The molecule has 31 heavy (non-hydrogen) atoms. The molecule has 2 saturated carbocycles. The minimum Gasteiger partial charge on any atom is -0.480 e. The summed E-state index contributed by atoms with van der Waals surface area (Å²) in [5, 5.41) is 17.9. The third-order valence-electron chi connectivity index (χ3n) is 6.75. The highest BCUT2D eigenvalue weighted by molar-refractivity contribution is 5.88. The van der Waals surface area contributed by atoms with Gasteiger partial charge in [-0.25, -0.2) is 9.59 Å². The lowest BCUT2D eigenvalue weighted by Crippen LogP contribution is -2.55. The van der Waals surface area contributed by atoms with Crippen LogP contribution in [0.15, 0.2) is 0 Å². The number of nitrogens with one attached hydrogen (secondary N) is 3. The van der Waals surface area contributed by atoms with Gasteiger partial charge in [-0.15, -0.1) is 0 Å². The van der Waals surface area contributed by atoms with E-state index in [2.05, 4.69) is 22.9 Å². The van der Waals surface area contributed by atoms with Crippen LogP contribution in [-0.2, 0) is 9.59 Å². The van der Waals surface area contributed by atoms with E-state index >= 15 is 0 Å². The fourth-order valence-electron chi connectivity index (χ4n) is 4.96. The Bertz CT molecular complexity index is 580. The first kappa shape index (κ1) is 25.4. The zero-order valence-electron chi connectivity index (χ0n) is 19.0. The zero-order valence-corrected chi connectivity index (χ0v) is 19.0. The van der Waals surface area contributed by atoms with Gasteiger partial charge >= 0.3 is 12.0 Å². The zero-order chi connectivity index (χ0) is 22.6. The maximum Gasteiger partial charge on any atom is 0.326 e. The van der Waals surface area contributed by atoms with E-state index in [1.54, 1.807) is 0 Å².